The first-order valence-corrected chi connectivity index (χ1v) is 5.94. The van der Waals surface area contributed by atoms with Crippen LogP contribution in [0.15, 0.2) is 35.1 Å². The van der Waals surface area contributed by atoms with E-state index in [0.29, 0.717) is 5.02 Å². The van der Waals surface area contributed by atoms with Gasteiger partial charge in [0.1, 0.15) is 5.82 Å². The van der Waals surface area contributed by atoms with Crippen molar-refractivity contribution in [1.82, 2.24) is 9.55 Å². The number of rotatable bonds is 2. The first-order chi connectivity index (χ1) is 7.59. The van der Waals surface area contributed by atoms with E-state index in [2.05, 4.69) is 20.9 Å². The molecule has 2 N–H and O–H groups in total. The van der Waals surface area contributed by atoms with E-state index in [1.54, 1.807) is 6.20 Å². The molecule has 0 aliphatic rings. The molecule has 2 aromatic rings. The Bertz CT molecular complexity index is 510. The lowest BCUT2D eigenvalue weighted by Gasteiger charge is -2.12. The molecule has 1 atom stereocenters. The summed E-state index contributed by atoms with van der Waals surface area (Å²) in [6.45, 7) is 0. The highest BCUT2D eigenvalue weighted by molar-refractivity contribution is 9.10. The number of aromatic nitrogens is 2. The molecule has 3 nitrogen and oxygen atoms in total. The highest BCUT2D eigenvalue weighted by Gasteiger charge is 2.14. The van der Waals surface area contributed by atoms with E-state index < -0.39 is 0 Å². The van der Waals surface area contributed by atoms with Crippen LogP contribution in [0.25, 0.3) is 0 Å². The quantitative estimate of drug-likeness (QED) is 0.927. The van der Waals surface area contributed by atoms with Gasteiger partial charge >= 0.3 is 0 Å². The van der Waals surface area contributed by atoms with Crippen LogP contribution in [0.4, 0.5) is 0 Å². The topological polar surface area (TPSA) is 43.8 Å². The summed E-state index contributed by atoms with van der Waals surface area (Å²) in [7, 11) is 1.92. The summed E-state index contributed by atoms with van der Waals surface area (Å²) >= 11 is 9.38. The molecule has 0 bridgehead atoms. The molecular weight excluding hydrogens is 289 g/mol. The van der Waals surface area contributed by atoms with Gasteiger partial charge in [-0.2, -0.15) is 0 Å². The zero-order valence-electron chi connectivity index (χ0n) is 8.69. The van der Waals surface area contributed by atoms with Crippen molar-refractivity contribution in [2.45, 2.75) is 6.04 Å². The van der Waals surface area contributed by atoms with Crippen molar-refractivity contribution < 1.29 is 0 Å². The lowest BCUT2D eigenvalue weighted by Crippen LogP contribution is -2.16. The van der Waals surface area contributed by atoms with Gasteiger partial charge in [0, 0.05) is 23.9 Å². The Balaban J connectivity index is 2.38. The fourth-order valence-corrected chi connectivity index (χ4v) is 1.97. The fraction of sp³-hybridized carbons (Fsp3) is 0.182. The maximum Gasteiger partial charge on any atom is 0.129 e. The third kappa shape index (κ3) is 2.14. The van der Waals surface area contributed by atoms with Crippen molar-refractivity contribution >= 4 is 27.5 Å². The summed E-state index contributed by atoms with van der Waals surface area (Å²) in [4.78, 5) is 4.23. The first-order valence-electron chi connectivity index (χ1n) is 4.77. The van der Waals surface area contributed by atoms with Crippen LogP contribution in [0.1, 0.15) is 17.4 Å². The lowest BCUT2D eigenvalue weighted by atomic mass is 10.1. The third-order valence-electron chi connectivity index (χ3n) is 2.44. The molecule has 0 amide bonds. The SMILES string of the molecule is Cn1ccnc1C(N)c1ccc(Br)c(Cl)c1. The number of nitrogens with two attached hydrogens (primary N) is 1. The molecule has 1 aromatic carbocycles. The standard InChI is InChI=1S/C11H11BrClN3/c1-16-5-4-15-11(16)10(14)7-2-3-8(12)9(13)6-7/h2-6,10H,14H2,1H3. The van der Waals surface area contributed by atoms with Crippen molar-refractivity contribution in [2.24, 2.45) is 12.8 Å². The Labute approximate surface area is 107 Å². The predicted octanol–water partition coefficient (Wildman–Crippen LogP) is 2.88. The highest BCUT2D eigenvalue weighted by Crippen LogP contribution is 2.27. The van der Waals surface area contributed by atoms with Gasteiger partial charge in [0.05, 0.1) is 11.1 Å². The van der Waals surface area contributed by atoms with Crippen molar-refractivity contribution in [3.8, 4) is 0 Å². The maximum atomic E-state index is 6.12. The van der Waals surface area contributed by atoms with Crippen LogP contribution in [0.3, 0.4) is 0 Å². The van der Waals surface area contributed by atoms with E-state index in [4.69, 9.17) is 17.3 Å². The van der Waals surface area contributed by atoms with Crippen molar-refractivity contribution in [3.63, 3.8) is 0 Å². The maximum absolute atomic E-state index is 6.12. The number of halogens is 2. The molecule has 0 saturated carbocycles. The van der Waals surface area contributed by atoms with Gasteiger partial charge in [-0.15, -0.1) is 0 Å². The van der Waals surface area contributed by atoms with E-state index in [1.165, 1.54) is 0 Å². The summed E-state index contributed by atoms with van der Waals surface area (Å²) in [5.74, 6) is 0.818. The van der Waals surface area contributed by atoms with Gasteiger partial charge in [0.15, 0.2) is 0 Å². The normalized spacial score (nSPS) is 12.8. The molecule has 0 fully saturated rings. The summed E-state index contributed by atoms with van der Waals surface area (Å²) in [6.07, 6.45) is 3.60. The second kappa shape index (κ2) is 4.57. The molecule has 1 unspecified atom stereocenters. The molecule has 5 heteroatoms. The molecule has 1 aromatic heterocycles. The minimum atomic E-state index is -0.259. The molecule has 0 aliphatic heterocycles. The second-order valence-corrected chi connectivity index (χ2v) is 4.81. The van der Waals surface area contributed by atoms with Gasteiger partial charge in [-0.05, 0) is 33.6 Å². The molecule has 0 saturated heterocycles. The Morgan fingerprint density at radius 2 is 2.25 bits per heavy atom. The lowest BCUT2D eigenvalue weighted by molar-refractivity contribution is 0.717. The zero-order chi connectivity index (χ0) is 11.7. The molecule has 1 heterocycles. The van der Waals surface area contributed by atoms with Crippen LogP contribution in [0.2, 0.25) is 5.02 Å². The van der Waals surface area contributed by atoms with Crippen LogP contribution in [-0.4, -0.2) is 9.55 Å². The van der Waals surface area contributed by atoms with Crippen LogP contribution in [0, 0.1) is 0 Å². The summed E-state index contributed by atoms with van der Waals surface area (Å²) < 4.78 is 2.77. The predicted molar refractivity (Wildman–Crippen MR) is 68.4 cm³/mol. The monoisotopic (exact) mass is 299 g/mol. The summed E-state index contributed by atoms with van der Waals surface area (Å²) in [6, 6.07) is 5.42. The minimum absolute atomic E-state index is 0.259. The van der Waals surface area contributed by atoms with Gasteiger partial charge in [-0.3, -0.25) is 0 Å². The summed E-state index contributed by atoms with van der Waals surface area (Å²) in [5.41, 5.74) is 7.07. The number of nitrogens with zero attached hydrogens (tertiary/aromatic N) is 2. The van der Waals surface area contributed by atoms with Crippen LogP contribution in [-0.2, 0) is 7.05 Å². The fourth-order valence-electron chi connectivity index (χ4n) is 1.53. The van der Waals surface area contributed by atoms with Crippen molar-refractivity contribution in [1.29, 1.82) is 0 Å². The molecule has 2 rings (SSSR count). The van der Waals surface area contributed by atoms with E-state index in [9.17, 15) is 0 Å². The van der Waals surface area contributed by atoms with Gasteiger partial charge in [-0.25, -0.2) is 4.98 Å². The van der Waals surface area contributed by atoms with Gasteiger partial charge < -0.3 is 10.3 Å². The van der Waals surface area contributed by atoms with Crippen molar-refractivity contribution in [3.05, 3.63) is 51.5 Å². The van der Waals surface area contributed by atoms with Gasteiger partial charge in [-0.1, -0.05) is 17.7 Å². The van der Waals surface area contributed by atoms with Crippen LogP contribution >= 0.6 is 27.5 Å². The highest BCUT2D eigenvalue weighted by atomic mass is 79.9. The smallest absolute Gasteiger partial charge is 0.129 e. The molecule has 0 radical (unpaired) electrons. The number of aryl methyl sites for hydroxylation is 1. The molecule has 84 valence electrons. The molecule has 0 spiro atoms. The van der Waals surface area contributed by atoms with Crippen molar-refractivity contribution in [2.75, 3.05) is 0 Å². The Hall–Kier alpha value is -0.840. The van der Waals surface area contributed by atoms with E-state index in [1.807, 2.05) is 36.0 Å². The average Bonchev–Trinajstić information content (AvgIpc) is 2.67. The molecular formula is C11H11BrClN3. The van der Waals surface area contributed by atoms with E-state index >= 15 is 0 Å². The van der Waals surface area contributed by atoms with Gasteiger partial charge in [0.25, 0.3) is 0 Å². The Kier molecular flexibility index (Phi) is 3.33. The average molecular weight is 301 g/mol. The minimum Gasteiger partial charge on any atom is -0.336 e. The first kappa shape index (κ1) is 11.6. The number of imidazole rings is 1. The largest absolute Gasteiger partial charge is 0.336 e. The Morgan fingerprint density at radius 1 is 1.50 bits per heavy atom. The van der Waals surface area contributed by atoms with Crippen LogP contribution < -0.4 is 5.73 Å². The number of benzene rings is 1. The van der Waals surface area contributed by atoms with E-state index in [-0.39, 0.29) is 6.04 Å². The van der Waals surface area contributed by atoms with E-state index in [0.717, 1.165) is 15.9 Å². The number of hydrogen-bond acceptors (Lipinski definition) is 2. The van der Waals surface area contributed by atoms with Crippen LogP contribution in [0.5, 0.6) is 0 Å². The second-order valence-electron chi connectivity index (χ2n) is 3.55. The number of hydrogen-bond donors (Lipinski definition) is 1. The molecule has 0 aliphatic carbocycles. The van der Waals surface area contributed by atoms with Gasteiger partial charge in [0.2, 0.25) is 0 Å². The zero-order valence-corrected chi connectivity index (χ0v) is 11.0. The Morgan fingerprint density at radius 3 is 2.81 bits per heavy atom. The third-order valence-corrected chi connectivity index (χ3v) is 3.67. The molecule has 16 heavy (non-hydrogen) atoms. The summed E-state index contributed by atoms with van der Waals surface area (Å²) in [5, 5.41) is 0.655.